The molecular formula is C25H28ClNOS. The van der Waals surface area contributed by atoms with Crippen LogP contribution in [-0.4, -0.2) is 16.8 Å². The number of halogens is 1. The topological polar surface area (TPSA) is 20.3 Å². The van der Waals surface area contributed by atoms with E-state index in [9.17, 15) is 4.79 Å². The van der Waals surface area contributed by atoms with Gasteiger partial charge in [-0.1, -0.05) is 62.7 Å². The molecule has 152 valence electrons. The molecule has 1 amide bonds. The van der Waals surface area contributed by atoms with Crippen molar-refractivity contribution < 1.29 is 4.79 Å². The van der Waals surface area contributed by atoms with Gasteiger partial charge in [-0.2, -0.15) is 0 Å². The van der Waals surface area contributed by atoms with Crippen molar-refractivity contribution >= 4 is 28.8 Å². The average Bonchev–Trinajstić information content (AvgIpc) is 3.19. The molecule has 2 nitrogen and oxygen atoms in total. The zero-order valence-electron chi connectivity index (χ0n) is 17.5. The minimum Gasteiger partial charge on any atom is -0.331 e. The molecule has 0 radical (unpaired) electrons. The fourth-order valence-electron chi connectivity index (χ4n) is 3.32. The second-order valence-corrected chi connectivity index (χ2v) is 9.99. The van der Waals surface area contributed by atoms with E-state index in [4.69, 9.17) is 11.6 Å². The molecule has 0 aliphatic carbocycles. The van der Waals surface area contributed by atoms with E-state index in [1.165, 1.54) is 10.4 Å². The lowest BCUT2D eigenvalue weighted by molar-refractivity contribution is 0.0676. The van der Waals surface area contributed by atoms with Crippen LogP contribution in [0.15, 0.2) is 66.0 Å². The average molecular weight is 426 g/mol. The highest BCUT2D eigenvalue weighted by molar-refractivity contribution is 7.09. The van der Waals surface area contributed by atoms with Gasteiger partial charge in [0, 0.05) is 34.5 Å². The van der Waals surface area contributed by atoms with Gasteiger partial charge in [0.25, 0.3) is 5.91 Å². The summed E-state index contributed by atoms with van der Waals surface area (Å²) in [5.41, 5.74) is 3.10. The number of amides is 1. The van der Waals surface area contributed by atoms with Crippen LogP contribution in [0.1, 0.15) is 54.1 Å². The minimum absolute atomic E-state index is 0.0597. The normalized spacial score (nSPS) is 12.6. The first-order chi connectivity index (χ1) is 13.7. The molecule has 0 fully saturated rings. The van der Waals surface area contributed by atoms with Crippen LogP contribution in [-0.2, 0) is 18.4 Å². The Morgan fingerprint density at radius 1 is 1.03 bits per heavy atom. The van der Waals surface area contributed by atoms with Crippen molar-refractivity contribution in [3.63, 3.8) is 0 Å². The number of carbonyl (C=O) groups excluding carboxylic acids is 1. The zero-order chi connectivity index (χ0) is 21.0. The van der Waals surface area contributed by atoms with Crippen LogP contribution in [0.3, 0.4) is 0 Å². The molecule has 0 saturated carbocycles. The summed E-state index contributed by atoms with van der Waals surface area (Å²) in [6.45, 7) is 9.22. The monoisotopic (exact) mass is 425 g/mol. The van der Waals surface area contributed by atoms with E-state index in [1.54, 1.807) is 11.3 Å². The lowest BCUT2D eigenvalue weighted by Crippen LogP contribution is -2.39. The molecule has 0 bridgehead atoms. The third-order valence-electron chi connectivity index (χ3n) is 5.13. The van der Waals surface area contributed by atoms with Crippen LogP contribution in [0.4, 0.5) is 0 Å². The first-order valence-electron chi connectivity index (χ1n) is 9.92. The first-order valence-corrected chi connectivity index (χ1v) is 11.2. The van der Waals surface area contributed by atoms with Crippen molar-refractivity contribution in [3.05, 3.63) is 92.6 Å². The predicted octanol–water partition coefficient (Wildman–Crippen LogP) is 6.97. The fourth-order valence-corrected chi connectivity index (χ4v) is 4.28. The van der Waals surface area contributed by atoms with Gasteiger partial charge in [0.15, 0.2) is 0 Å². The summed E-state index contributed by atoms with van der Waals surface area (Å²) < 4.78 is 0. The molecule has 29 heavy (non-hydrogen) atoms. The third-order valence-corrected chi connectivity index (χ3v) is 6.28. The Kier molecular flexibility index (Phi) is 6.81. The molecule has 0 aliphatic rings. The number of benzene rings is 2. The van der Waals surface area contributed by atoms with Gasteiger partial charge in [-0.3, -0.25) is 4.79 Å². The van der Waals surface area contributed by atoms with E-state index in [2.05, 4.69) is 57.3 Å². The van der Waals surface area contributed by atoms with Gasteiger partial charge in [-0.05, 0) is 59.2 Å². The Morgan fingerprint density at radius 2 is 1.69 bits per heavy atom. The van der Waals surface area contributed by atoms with Gasteiger partial charge in [-0.15, -0.1) is 11.3 Å². The summed E-state index contributed by atoms with van der Waals surface area (Å²) in [5, 5.41) is 2.79. The Morgan fingerprint density at radius 3 is 2.24 bits per heavy atom. The van der Waals surface area contributed by atoms with Crippen LogP contribution >= 0.6 is 22.9 Å². The summed E-state index contributed by atoms with van der Waals surface area (Å²) in [5.74, 6) is 0.0597. The molecular weight excluding hydrogens is 398 g/mol. The van der Waals surface area contributed by atoms with Crippen LogP contribution in [0, 0.1) is 0 Å². The van der Waals surface area contributed by atoms with Crippen molar-refractivity contribution in [2.24, 2.45) is 0 Å². The zero-order valence-corrected chi connectivity index (χ0v) is 19.1. The largest absolute Gasteiger partial charge is 0.331 e. The molecule has 1 heterocycles. The third kappa shape index (κ3) is 5.71. The Labute approximate surface area is 183 Å². The highest BCUT2D eigenvalue weighted by atomic mass is 35.5. The van der Waals surface area contributed by atoms with Crippen LogP contribution in [0.2, 0.25) is 5.02 Å². The Hall–Kier alpha value is -2.10. The van der Waals surface area contributed by atoms with Crippen molar-refractivity contribution in [1.82, 2.24) is 4.90 Å². The number of thiophene rings is 1. The molecule has 0 saturated heterocycles. The molecule has 0 aliphatic heterocycles. The van der Waals surface area contributed by atoms with Gasteiger partial charge in [0.2, 0.25) is 0 Å². The standard InChI is InChI=1S/C25H28ClNOS/c1-18(16-23-6-5-15-29-23)27(17-19-7-13-22(26)14-8-19)24(28)20-9-11-21(12-10-20)25(2,3)4/h5-15,18H,16-17H2,1-4H3/t18-/m0/s1. The molecule has 4 heteroatoms. The highest BCUT2D eigenvalue weighted by Gasteiger charge is 2.23. The summed E-state index contributed by atoms with van der Waals surface area (Å²) >= 11 is 7.77. The summed E-state index contributed by atoms with van der Waals surface area (Å²) in [6.07, 6.45) is 0.844. The number of hydrogen-bond donors (Lipinski definition) is 0. The maximum Gasteiger partial charge on any atom is 0.254 e. The molecule has 3 aromatic rings. The van der Waals surface area contributed by atoms with E-state index in [0.29, 0.717) is 11.6 Å². The SMILES string of the molecule is C[C@@H](Cc1cccs1)N(Cc1ccc(Cl)cc1)C(=O)c1ccc(C(C)(C)C)cc1. The van der Waals surface area contributed by atoms with Crippen molar-refractivity contribution in [3.8, 4) is 0 Å². The summed E-state index contributed by atoms with van der Waals surface area (Å²) in [4.78, 5) is 16.7. The smallest absolute Gasteiger partial charge is 0.254 e. The molecule has 3 rings (SSSR count). The molecule has 0 N–H and O–H groups in total. The number of hydrogen-bond acceptors (Lipinski definition) is 2. The fraction of sp³-hybridized carbons (Fsp3) is 0.320. The van der Waals surface area contributed by atoms with Gasteiger partial charge in [0.05, 0.1) is 0 Å². The van der Waals surface area contributed by atoms with Gasteiger partial charge < -0.3 is 4.90 Å². The van der Waals surface area contributed by atoms with Crippen molar-refractivity contribution in [1.29, 1.82) is 0 Å². The summed E-state index contributed by atoms with van der Waals surface area (Å²) in [7, 11) is 0. The van der Waals surface area contributed by atoms with E-state index in [-0.39, 0.29) is 17.4 Å². The molecule has 1 atom stereocenters. The van der Waals surface area contributed by atoms with Gasteiger partial charge in [-0.25, -0.2) is 0 Å². The number of nitrogens with zero attached hydrogens (tertiary/aromatic N) is 1. The van der Waals surface area contributed by atoms with Gasteiger partial charge >= 0.3 is 0 Å². The molecule has 2 aromatic carbocycles. The van der Waals surface area contributed by atoms with E-state index in [0.717, 1.165) is 17.5 Å². The number of rotatable bonds is 6. The minimum atomic E-state index is 0.0597. The van der Waals surface area contributed by atoms with Crippen LogP contribution in [0.5, 0.6) is 0 Å². The molecule has 0 unspecified atom stereocenters. The van der Waals surface area contributed by atoms with Crippen molar-refractivity contribution in [2.45, 2.75) is 52.1 Å². The Balaban J connectivity index is 1.86. The van der Waals surface area contributed by atoms with E-state index < -0.39 is 0 Å². The number of carbonyl (C=O) groups is 1. The quantitative estimate of drug-likeness (QED) is 0.417. The lowest BCUT2D eigenvalue weighted by Gasteiger charge is -2.30. The van der Waals surface area contributed by atoms with Gasteiger partial charge in [0.1, 0.15) is 0 Å². The maximum atomic E-state index is 13.5. The first kappa shape index (κ1) is 21.6. The second kappa shape index (κ2) is 9.15. The van der Waals surface area contributed by atoms with Crippen molar-refractivity contribution in [2.75, 3.05) is 0 Å². The van der Waals surface area contributed by atoms with E-state index >= 15 is 0 Å². The lowest BCUT2D eigenvalue weighted by atomic mass is 9.86. The maximum absolute atomic E-state index is 13.5. The van der Waals surface area contributed by atoms with Crippen LogP contribution in [0.25, 0.3) is 0 Å². The van der Waals surface area contributed by atoms with Crippen LogP contribution < -0.4 is 0 Å². The molecule has 1 aromatic heterocycles. The summed E-state index contributed by atoms with van der Waals surface area (Å²) in [6, 6.07) is 20.0. The van der Waals surface area contributed by atoms with E-state index in [1.807, 2.05) is 41.3 Å². The highest BCUT2D eigenvalue weighted by Crippen LogP contribution is 2.24. The Bertz CT molecular complexity index is 924. The second-order valence-electron chi connectivity index (χ2n) is 8.52. The predicted molar refractivity (Wildman–Crippen MR) is 124 cm³/mol. The molecule has 0 spiro atoms.